The van der Waals surface area contributed by atoms with Crippen molar-refractivity contribution in [1.29, 1.82) is 0 Å². The van der Waals surface area contributed by atoms with Crippen molar-refractivity contribution in [2.45, 2.75) is 31.1 Å². The van der Waals surface area contributed by atoms with E-state index in [2.05, 4.69) is 4.98 Å². The van der Waals surface area contributed by atoms with Crippen LogP contribution in [0.1, 0.15) is 27.9 Å². The minimum Gasteiger partial charge on any atom is -0.510 e. The fourth-order valence-electron chi connectivity index (χ4n) is 6.40. The molecule has 5 rings (SSSR count). The van der Waals surface area contributed by atoms with E-state index in [0.29, 0.717) is 23.3 Å². The summed E-state index contributed by atoms with van der Waals surface area (Å²) >= 11 is 0. The Balaban J connectivity index is 1.70. The first-order chi connectivity index (χ1) is 18.4. The summed E-state index contributed by atoms with van der Waals surface area (Å²) in [6, 6.07) is 3.87. The highest BCUT2D eigenvalue weighted by Gasteiger charge is 2.63. The summed E-state index contributed by atoms with van der Waals surface area (Å²) in [5.41, 5.74) is 4.30. The number of rotatable bonds is 5. The Hall–Kier alpha value is -4.06. The highest BCUT2D eigenvalue weighted by atomic mass is 16.5. The number of benzene rings is 1. The number of hydrogen-bond acceptors (Lipinski definition) is 10. The number of phenolic OH excluding ortho intramolecular Hbond substituents is 1. The number of methoxy groups -OCH3 is 1. The third kappa shape index (κ3) is 3.76. The van der Waals surface area contributed by atoms with Gasteiger partial charge in [-0.15, -0.1) is 0 Å². The second-order valence-corrected chi connectivity index (χ2v) is 10.5. The summed E-state index contributed by atoms with van der Waals surface area (Å²) in [6.07, 6.45) is 3.50. The Kier molecular flexibility index (Phi) is 6.33. The van der Waals surface area contributed by atoms with E-state index in [9.17, 15) is 34.8 Å². The average Bonchev–Trinajstić information content (AvgIpc) is 2.86. The number of likely N-dealkylation sites (N-methyl/N-ethyl adjacent to an activating group) is 1. The number of aliphatic hydroxyl groups is 3. The highest BCUT2D eigenvalue weighted by Crippen LogP contribution is 2.53. The van der Waals surface area contributed by atoms with E-state index >= 15 is 0 Å². The van der Waals surface area contributed by atoms with E-state index in [-0.39, 0.29) is 29.7 Å². The van der Waals surface area contributed by atoms with E-state index in [1.54, 1.807) is 39.7 Å². The number of phenols is 1. The minimum absolute atomic E-state index is 0.0167. The zero-order valence-electron chi connectivity index (χ0n) is 21.6. The maximum atomic E-state index is 13.9. The van der Waals surface area contributed by atoms with Crippen LogP contribution in [0.15, 0.2) is 53.3 Å². The van der Waals surface area contributed by atoms with Crippen LogP contribution >= 0.6 is 0 Å². The molecule has 6 N–H and O–H groups in total. The molecule has 1 aromatic carbocycles. The van der Waals surface area contributed by atoms with Gasteiger partial charge in [0, 0.05) is 36.6 Å². The number of fused-ring (bicyclic) bond motifs is 3. The summed E-state index contributed by atoms with van der Waals surface area (Å²) in [5.74, 6) is -6.83. The van der Waals surface area contributed by atoms with Gasteiger partial charge in [-0.2, -0.15) is 0 Å². The summed E-state index contributed by atoms with van der Waals surface area (Å²) in [7, 11) is 4.74. The van der Waals surface area contributed by atoms with Crippen LogP contribution in [-0.2, 0) is 27.4 Å². The first-order valence-electron chi connectivity index (χ1n) is 12.4. The Morgan fingerprint density at radius 3 is 2.56 bits per heavy atom. The van der Waals surface area contributed by atoms with E-state index in [0.717, 1.165) is 5.56 Å². The molecule has 0 aliphatic heterocycles. The third-order valence-electron chi connectivity index (χ3n) is 8.02. The van der Waals surface area contributed by atoms with Gasteiger partial charge in [0.1, 0.15) is 22.8 Å². The molecule has 1 heterocycles. The summed E-state index contributed by atoms with van der Waals surface area (Å²) in [5, 5.41) is 44.7. The van der Waals surface area contributed by atoms with E-state index in [1.807, 2.05) is 6.07 Å². The predicted molar refractivity (Wildman–Crippen MR) is 138 cm³/mol. The van der Waals surface area contributed by atoms with Gasteiger partial charge in [-0.1, -0.05) is 6.07 Å². The number of nitrogens with two attached hydrogens (primary N) is 1. The molecule has 0 fully saturated rings. The van der Waals surface area contributed by atoms with Crippen LogP contribution < -0.4 is 5.73 Å². The number of aliphatic hydroxyl groups excluding tert-OH is 2. The van der Waals surface area contributed by atoms with Crippen LogP contribution in [-0.4, -0.2) is 80.6 Å². The number of carbonyl (C=O) groups is 3. The molecular weight excluding hydrogens is 506 g/mol. The van der Waals surface area contributed by atoms with Crippen molar-refractivity contribution in [2.24, 2.45) is 17.6 Å². The number of aromatic hydroxyl groups is 1. The number of Topliss-reactive ketones (excluding diaryl/α,β-unsaturated/α-hetero) is 2. The largest absolute Gasteiger partial charge is 0.510 e. The molecule has 11 heteroatoms. The molecule has 11 nitrogen and oxygen atoms in total. The molecule has 3 aliphatic carbocycles. The first-order valence-corrected chi connectivity index (χ1v) is 12.4. The van der Waals surface area contributed by atoms with Crippen molar-refractivity contribution in [3.8, 4) is 16.9 Å². The number of hydrogen-bond donors (Lipinski definition) is 5. The molecule has 2 aromatic rings. The molecule has 1 amide bonds. The third-order valence-corrected chi connectivity index (χ3v) is 8.02. The monoisotopic (exact) mass is 535 g/mol. The second-order valence-electron chi connectivity index (χ2n) is 10.5. The van der Waals surface area contributed by atoms with Crippen LogP contribution in [0.4, 0.5) is 0 Å². The van der Waals surface area contributed by atoms with Crippen LogP contribution in [0.25, 0.3) is 11.1 Å². The molecule has 0 spiro atoms. The molecular formula is C28H29N3O8. The van der Waals surface area contributed by atoms with Gasteiger partial charge in [0.2, 0.25) is 5.78 Å². The zero-order chi connectivity index (χ0) is 28.4. The molecule has 4 unspecified atom stereocenters. The Labute approximate surface area is 223 Å². The number of pyridine rings is 1. The average molecular weight is 536 g/mol. The van der Waals surface area contributed by atoms with Gasteiger partial charge in [-0.05, 0) is 61.7 Å². The first kappa shape index (κ1) is 26.5. The van der Waals surface area contributed by atoms with Gasteiger partial charge in [0.15, 0.2) is 11.4 Å². The fraction of sp³-hybridized carbons (Fsp3) is 0.357. The summed E-state index contributed by atoms with van der Waals surface area (Å²) in [4.78, 5) is 45.1. The molecule has 0 saturated carbocycles. The minimum atomic E-state index is -2.67. The van der Waals surface area contributed by atoms with Crippen LogP contribution in [0.5, 0.6) is 5.75 Å². The molecule has 0 radical (unpaired) electrons. The highest BCUT2D eigenvalue weighted by molar-refractivity contribution is 6.24. The second kappa shape index (κ2) is 9.30. The fourth-order valence-corrected chi connectivity index (χ4v) is 6.40. The SMILES string of the molecule is COCc1cncc(-c2ccc(O)c3c2CC2CC4C(N(C)C)C(O)=C(C(N)=O)C(=O)C4(O)C(O)=C2C3=O)c1. The van der Waals surface area contributed by atoms with Crippen molar-refractivity contribution >= 4 is 17.5 Å². The number of allylic oxidation sites excluding steroid dienone is 1. The Morgan fingerprint density at radius 2 is 1.92 bits per heavy atom. The number of carbonyl (C=O) groups excluding carboxylic acids is 3. The summed E-state index contributed by atoms with van der Waals surface area (Å²) < 4.78 is 5.20. The molecule has 204 valence electrons. The topological polar surface area (TPSA) is 184 Å². The van der Waals surface area contributed by atoms with Crippen molar-refractivity contribution in [3.63, 3.8) is 0 Å². The number of nitrogens with zero attached hydrogens (tertiary/aromatic N) is 2. The Morgan fingerprint density at radius 1 is 1.21 bits per heavy atom. The molecule has 1 aromatic heterocycles. The Bertz CT molecular complexity index is 1490. The lowest BCUT2D eigenvalue weighted by atomic mass is 9.58. The van der Waals surface area contributed by atoms with Crippen LogP contribution in [0, 0.1) is 11.8 Å². The molecule has 39 heavy (non-hydrogen) atoms. The van der Waals surface area contributed by atoms with Gasteiger partial charge >= 0.3 is 0 Å². The number of aromatic nitrogens is 1. The lowest BCUT2D eigenvalue weighted by Gasteiger charge is -2.50. The van der Waals surface area contributed by atoms with Gasteiger partial charge < -0.3 is 30.9 Å². The molecule has 0 saturated heterocycles. The molecule has 0 bridgehead atoms. The van der Waals surface area contributed by atoms with Crippen LogP contribution in [0.2, 0.25) is 0 Å². The van der Waals surface area contributed by atoms with Crippen molar-refractivity contribution in [2.75, 3.05) is 21.2 Å². The van der Waals surface area contributed by atoms with Crippen molar-refractivity contribution in [3.05, 3.63) is 69.9 Å². The maximum absolute atomic E-state index is 13.9. The normalized spacial score (nSPS) is 26.4. The molecule has 3 aliphatic rings. The smallest absolute Gasteiger partial charge is 0.255 e. The van der Waals surface area contributed by atoms with E-state index in [4.69, 9.17) is 10.5 Å². The number of ketones is 2. The number of amides is 1. The molecule has 4 atom stereocenters. The number of primary amides is 1. The van der Waals surface area contributed by atoms with Gasteiger partial charge in [0.05, 0.1) is 18.2 Å². The number of ether oxygens (including phenoxy) is 1. The predicted octanol–water partition coefficient (Wildman–Crippen LogP) is 1.33. The van der Waals surface area contributed by atoms with Gasteiger partial charge in [-0.3, -0.25) is 24.3 Å². The standard InChI is InChI=1S/C28H29N3O8/c1-31(2)22-17-8-13-7-16-15(14-6-12(11-39-3)9-30-10-14)4-5-18(32)20(16)23(33)19(13)25(35)28(17,38)26(36)21(24(22)34)27(29)37/h4-6,9-10,13,17,22,32,34-35,38H,7-8,11H2,1-3H3,(H2,29,37). The van der Waals surface area contributed by atoms with Crippen molar-refractivity contribution in [1.82, 2.24) is 9.88 Å². The quantitative estimate of drug-likeness (QED) is 0.350. The maximum Gasteiger partial charge on any atom is 0.255 e. The lowest BCUT2D eigenvalue weighted by Crippen LogP contribution is -2.63. The zero-order valence-corrected chi connectivity index (χ0v) is 21.6. The van der Waals surface area contributed by atoms with Gasteiger partial charge in [-0.25, -0.2) is 0 Å². The lowest BCUT2D eigenvalue weighted by molar-refractivity contribution is -0.148. The van der Waals surface area contributed by atoms with E-state index in [1.165, 1.54) is 11.0 Å². The van der Waals surface area contributed by atoms with Gasteiger partial charge in [0.25, 0.3) is 5.91 Å². The summed E-state index contributed by atoms with van der Waals surface area (Å²) in [6.45, 7) is 0.327. The van der Waals surface area contributed by atoms with Crippen LogP contribution in [0.3, 0.4) is 0 Å². The van der Waals surface area contributed by atoms with E-state index < -0.39 is 58.0 Å². The van der Waals surface area contributed by atoms with Crippen molar-refractivity contribution < 1.29 is 39.5 Å².